The van der Waals surface area contributed by atoms with E-state index < -0.39 is 96.0 Å². The number of aromatic nitrogens is 2. The third-order valence-electron chi connectivity index (χ3n) is 9.92. The summed E-state index contributed by atoms with van der Waals surface area (Å²) in [6.45, 7) is 7.69. The van der Waals surface area contributed by atoms with Gasteiger partial charge in [-0.15, -0.1) is 0 Å². The van der Waals surface area contributed by atoms with Crippen molar-refractivity contribution in [3.8, 4) is 0 Å². The van der Waals surface area contributed by atoms with Crippen LogP contribution in [0.3, 0.4) is 0 Å². The number of ketones is 1. The highest BCUT2D eigenvalue weighted by Crippen LogP contribution is 2.27. The topological polar surface area (TPSA) is 226 Å². The maximum atomic E-state index is 15.0. The molecule has 1 aromatic heterocycles. The van der Waals surface area contributed by atoms with Gasteiger partial charge in [0.1, 0.15) is 36.2 Å². The molecule has 1 fully saturated rings. The summed E-state index contributed by atoms with van der Waals surface area (Å²) < 4.78 is 35.8. The fourth-order valence-corrected chi connectivity index (χ4v) is 6.75. The Morgan fingerprint density at radius 3 is 2.28 bits per heavy atom. The molecule has 0 unspecified atom stereocenters. The molecule has 2 aliphatic rings. The monoisotopic (exact) mass is 812 g/mol. The van der Waals surface area contributed by atoms with Gasteiger partial charge in [0.2, 0.25) is 23.5 Å². The van der Waals surface area contributed by atoms with Gasteiger partial charge in [0.15, 0.2) is 0 Å². The van der Waals surface area contributed by atoms with E-state index in [4.69, 9.17) is 4.74 Å². The molecule has 5 atom stereocenters. The minimum Gasteiger partial charge on any atom is -0.444 e. The van der Waals surface area contributed by atoms with Crippen LogP contribution in [0.15, 0.2) is 42.9 Å². The Kier molecular flexibility index (Phi) is 15.5. The van der Waals surface area contributed by atoms with Gasteiger partial charge in [-0.3, -0.25) is 33.8 Å². The minimum absolute atomic E-state index is 0.0445. The first-order valence-electron chi connectivity index (χ1n) is 19.1. The summed E-state index contributed by atoms with van der Waals surface area (Å²) in [4.78, 5) is 115. The van der Waals surface area contributed by atoms with E-state index in [0.717, 1.165) is 16.0 Å². The molecule has 0 spiro atoms. The first-order chi connectivity index (χ1) is 27.5. The lowest BCUT2D eigenvalue weighted by Gasteiger charge is -2.32. The van der Waals surface area contributed by atoms with Crippen LogP contribution in [-0.2, 0) is 46.5 Å². The van der Waals surface area contributed by atoms with Gasteiger partial charge in [-0.25, -0.2) is 9.78 Å². The number of benzene rings is 1. The lowest BCUT2D eigenvalue weighted by molar-refractivity contribution is -0.160. The van der Waals surface area contributed by atoms with Gasteiger partial charge in [-0.05, 0) is 35.8 Å². The van der Waals surface area contributed by atoms with Crippen molar-refractivity contribution < 1.29 is 51.9 Å². The number of rotatable bonds is 17. The molecular formula is C39H50F2N8O9. The van der Waals surface area contributed by atoms with Gasteiger partial charge < -0.3 is 40.6 Å². The predicted molar refractivity (Wildman–Crippen MR) is 202 cm³/mol. The number of halogens is 2. The molecule has 0 saturated carbocycles. The van der Waals surface area contributed by atoms with E-state index in [-0.39, 0.29) is 44.3 Å². The van der Waals surface area contributed by atoms with Crippen LogP contribution in [0, 0.1) is 11.8 Å². The fourth-order valence-electron chi connectivity index (χ4n) is 6.75. The second kappa shape index (κ2) is 20.0. The smallest absolute Gasteiger partial charge is 0.410 e. The molecule has 2 aromatic rings. The summed E-state index contributed by atoms with van der Waals surface area (Å²) in [6, 6.07) is 1.79. The highest BCUT2D eigenvalue weighted by Gasteiger charge is 2.51. The molecule has 0 aliphatic carbocycles. The van der Waals surface area contributed by atoms with Crippen LogP contribution < -0.4 is 21.3 Å². The highest BCUT2D eigenvalue weighted by atomic mass is 19.3. The van der Waals surface area contributed by atoms with E-state index in [1.807, 2.05) is 24.3 Å². The van der Waals surface area contributed by atoms with Crippen molar-refractivity contribution in [3.63, 3.8) is 0 Å². The third kappa shape index (κ3) is 10.9. The zero-order valence-corrected chi connectivity index (χ0v) is 33.0. The van der Waals surface area contributed by atoms with E-state index in [9.17, 15) is 38.4 Å². The van der Waals surface area contributed by atoms with Gasteiger partial charge in [0.25, 0.3) is 11.8 Å². The second-order valence-electron chi connectivity index (χ2n) is 14.9. The van der Waals surface area contributed by atoms with E-state index in [0.29, 0.717) is 13.0 Å². The molecule has 19 heteroatoms. The number of amides is 6. The van der Waals surface area contributed by atoms with Gasteiger partial charge >= 0.3 is 12.0 Å². The minimum atomic E-state index is -4.62. The highest BCUT2D eigenvalue weighted by molar-refractivity contribution is 6.11. The molecule has 3 heterocycles. The first kappa shape index (κ1) is 44.8. The number of hydrogen-bond donors (Lipinski definition) is 4. The summed E-state index contributed by atoms with van der Waals surface area (Å²) in [7, 11) is 0. The number of Topliss-reactive ketones (excluding diaryl/α,β-unsaturated/α-hetero) is 1. The van der Waals surface area contributed by atoms with Crippen LogP contribution in [0.1, 0.15) is 75.5 Å². The summed E-state index contributed by atoms with van der Waals surface area (Å²) in [5.74, 6) is -12.9. The second-order valence-corrected chi connectivity index (χ2v) is 14.9. The van der Waals surface area contributed by atoms with Crippen LogP contribution in [0.4, 0.5) is 13.6 Å². The first-order valence-corrected chi connectivity index (χ1v) is 19.1. The van der Waals surface area contributed by atoms with Crippen LogP contribution in [-0.4, -0.2) is 123 Å². The number of alkyl halides is 2. The van der Waals surface area contributed by atoms with Crippen molar-refractivity contribution in [2.24, 2.45) is 11.8 Å². The van der Waals surface area contributed by atoms with Crippen molar-refractivity contribution in [3.05, 3.63) is 59.7 Å². The molecular weight excluding hydrogens is 762 g/mol. The van der Waals surface area contributed by atoms with E-state index >= 15 is 8.78 Å². The Bertz CT molecular complexity index is 1850. The van der Waals surface area contributed by atoms with Crippen LogP contribution in [0.2, 0.25) is 0 Å². The molecule has 0 radical (unpaired) electrons. The van der Waals surface area contributed by atoms with E-state index in [1.165, 1.54) is 23.5 Å². The normalized spacial score (nSPS) is 18.0. The van der Waals surface area contributed by atoms with E-state index in [2.05, 4.69) is 25.9 Å². The zero-order chi connectivity index (χ0) is 42.7. The maximum absolute atomic E-state index is 15.0. The van der Waals surface area contributed by atoms with Gasteiger partial charge in [0.05, 0.1) is 25.3 Å². The predicted octanol–water partition coefficient (Wildman–Crippen LogP) is 1.34. The van der Waals surface area contributed by atoms with Crippen molar-refractivity contribution >= 4 is 47.7 Å². The molecule has 2 aliphatic heterocycles. The lowest BCUT2D eigenvalue weighted by atomic mass is 9.98. The molecule has 4 N–H and O–H groups in total. The quantitative estimate of drug-likeness (QED) is 0.132. The summed E-state index contributed by atoms with van der Waals surface area (Å²) in [5.41, 5.74) is 1.97. The maximum Gasteiger partial charge on any atom is 0.410 e. The number of likely N-dealkylation sites (tertiary alicyclic amines) is 1. The van der Waals surface area contributed by atoms with Crippen molar-refractivity contribution in [1.82, 2.24) is 41.0 Å². The molecule has 6 amide bonds. The van der Waals surface area contributed by atoms with Crippen molar-refractivity contribution in [1.29, 1.82) is 0 Å². The Labute approximate surface area is 334 Å². The van der Waals surface area contributed by atoms with Crippen LogP contribution in [0.25, 0.3) is 0 Å². The number of ether oxygens (including phenoxy) is 1. The molecule has 1 saturated heterocycles. The third-order valence-corrected chi connectivity index (χ3v) is 9.92. The van der Waals surface area contributed by atoms with Crippen LogP contribution >= 0.6 is 0 Å². The summed E-state index contributed by atoms with van der Waals surface area (Å²) in [6.07, 6.45) is 2.39. The average molecular weight is 813 g/mol. The van der Waals surface area contributed by atoms with Crippen molar-refractivity contribution in [2.75, 3.05) is 19.6 Å². The summed E-state index contributed by atoms with van der Waals surface area (Å²) >= 11 is 0. The summed E-state index contributed by atoms with van der Waals surface area (Å²) in [5, 5.41) is 9.23. The molecule has 58 heavy (non-hydrogen) atoms. The van der Waals surface area contributed by atoms with Crippen LogP contribution in [0.5, 0.6) is 0 Å². The Morgan fingerprint density at radius 1 is 0.966 bits per heavy atom. The van der Waals surface area contributed by atoms with Gasteiger partial charge in [-0.1, -0.05) is 65.3 Å². The Balaban J connectivity index is 1.59. The standard InChI is InChI=1S/C39H50F2N8O9/c1-6-9-27(32(51)39(40,41)37(56)44-15-17-50)45-34(53)29-18-26(58-38(57)48-16-12-24-10-7-8-11-25(24)20-48)21-49(29)36(55)31(23(4)5)47-35(54)30(22(2)3)46-33(52)28-19-42-13-14-43-28/h7-8,10-11,13-14,17,19,22-23,26-27,29-31H,6,9,12,15-16,18,20-21H2,1-5H3,(H,44,56)(H,45,53)(H,46,52)(H,47,54)/t26-,27+,29+,30+,31+/m1/s1. The molecule has 0 bridgehead atoms. The number of carbonyl (C=O) groups is 8. The molecule has 17 nitrogen and oxygen atoms in total. The molecule has 314 valence electrons. The Morgan fingerprint density at radius 2 is 1.66 bits per heavy atom. The largest absolute Gasteiger partial charge is 0.444 e. The number of nitrogens with one attached hydrogen (secondary N) is 4. The number of carbonyl (C=O) groups excluding carboxylic acids is 8. The Hall–Kier alpha value is -5.88. The SMILES string of the molecule is CCC[C@H](NC(=O)[C@@H]1C[C@@H](OC(=O)N2CCc3ccccc3C2)CN1C(=O)[C@@H](NC(=O)[C@@H](NC(=O)c1cnccn1)C(C)C)C(C)C)C(=O)C(F)(F)C(=O)NCC=O. The molecule has 1 aromatic carbocycles. The van der Waals surface area contributed by atoms with Gasteiger partial charge in [0, 0.05) is 31.9 Å². The van der Waals surface area contributed by atoms with Crippen molar-refractivity contribution in [2.45, 2.75) is 103 Å². The number of hydrogen-bond acceptors (Lipinski definition) is 11. The lowest BCUT2D eigenvalue weighted by Crippen LogP contribution is -2.60. The number of nitrogens with zero attached hydrogens (tertiary/aromatic N) is 4. The fraction of sp³-hybridized carbons (Fsp3) is 0.538. The van der Waals surface area contributed by atoms with E-state index in [1.54, 1.807) is 39.9 Å². The number of aldehydes is 1. The molecule has 4 rings (SSSR count). The van der Waals surface area contributed by atoms with Gasteiger partial charge in [-0.2, -0.15) is 8.78 Å². The number of fused-ring (bicyclic) bond motifs is 1. The zero-order valence-electron chi connectivity index (χ0n) is 33.0. The average Bonchev–Trinajstić information content (AvgIpc) is 3.63.